The number of rotatable bonds is 6. The summed E-state index contributed by atoms with van der Waals surface area (Å²) < 4.78 is 24.4. The van der Waals surface area contributed by atoms with Crippen molar-refractivity contribution in [1.82, 2.24) is 14.9 Å². The molecule has 7 heteroatoms. The maximum Gasteiger partial charge on any atom is 0.248 e. The van der Waals surface area contributed by atoms with E-state index in [9.17, 15) is 9.18 Å². The number of benzene rings is 1. The van der Waals surface area contributed by atoms with Crippen molar-refractivity contribution in [2.75, 3.05) is 39.5 Å². The summed E-state index contributed by atoms with van der Waals surface area (Å²) in [6.45, 7) is 3.59. The van der Waals surface area contributed by atoms with Crippen LogP contribution in [0.2, 0.25) is 0 Å². The zero-order chi connectivity index (χ0) is 20.1. The van der Waals surface area contributed by atoms with Gasteiger partial charge in [0.25, 0.3) is 0 Å². The van der Waals surface area contributed by atoms with Gasteiger partial charge in [-0.25, -0.2) is 14.4 Å². The van der Waals surface area contributed by atoms with Crippen LogP contribution < -0.4 is 0 Å². The zero-order valence-electron chi connectivity index (χ0n) is 16.4. The van der Waals surface area contributed by atoms with Gasteiger partial charge >= 0.3 is 0 Å². The molecular weight excluding hydrogens is 373 g/mol. The van der Waals surface area contributed by atoms with Gasteiger partial charge in [0.2, 0.25) is 5.91 Å². The number of carbonyl (C=O) groups is 1. The van der Waals surface area contributed by atoms with E-state index in [2.05, 4.69) is 9.97 Å². The molecule has 4 rings (SSSR count). The normalized spacial score (nSPS) is 20.2. The average Bonchev–Trinajstić information content (AvgIpc) is 3.27. The molecule has 2 aliphatic heterocycles. The molecule has 6 nitrogen and oxygen atoms in total. The Hall–Kier alpha value is -2.38. The number of likely N-dealkylation sites (tertiary alicyclic amines) is 1. The number of hydrogen-bond donors (Lipinski definition) is 0. The zero-order valence-corrected chi connectivity index (χ0v) is 16.4. The number of halogens is 1. The van der Waals surface area contributed by atoms with Crippen LogP contribution in [0, 0.1) is 11.7 Å². The molecule has 0 spiro atoms. The Labute approximate surface area is 170 Å². The fourth-order valence-electron chi connectivity index (χ4n) is 3.89. The van der Waals surface area contributed by atoms with E-state index in [1.807, 2.05) is 11.0 Å². The number of hydrogen-bond acceptors (Lipinski definition) is 5. The standard InChI is InChI=1S/C22H26FN3O3/c23-19-3-1-2-18(12-19)20-4-8-24-22(25-20)17-5-9-26(10-6-17)21(27)15-29-14-16-7-11-28-13-16/h1-4,8,12,16-17H,5-7,9-11,13-15H2. The molecule has 0 N–H and O–H groups in total. The quantitative estimate of drug-likeness (QED) is 0.747. The molecular formula is C22H26FN3O3. The fourth-order valence-corrected chi connectivity index (χ4v) is 3.89. The van der Waals surface area contributed by atoms with Crippen molar-refractivity contribution in [2.45, 2.75) is 25.2 Å². The third kappa shape index (κ3) is 5.16. The lowest BCUT2D eigenvalue weighted by Crippen LogP contribution is -2.40. The number of piperidine rings is 1. The Morgan fingerprint density at radius 1 is 1.24 bits per heavy atom. The van der Waals surface area contributed by atoms with Gasteiger partial charge in [-0.15, -0.1) is 0 Å². The minimum atomic E-state index is -0.280. The summed E-state index contributed by atoms with van der Waals surface area (Å²) in [5.74, 6) is 1.13. The first kappa shape index (κ1) is 19.9. The maximum atomic E-state index is 13.5. The van der Waals surface area contributed by atoms with Crippen molar-refractivity contribution >= 4 is 5.91 Å². The second-order valence-electron chi connectivity index (χ2n) is 7.71. The van der Waals surface area contributed by atoms with Crippen molar-refractivity contribution in [3.05, 3.63) is 48.2 Å². The Balaban J connectivity index is 1.29. The van der Waals surface area contributed by atoms with Gasteiger partial charge in [0.05, 0.1) is 18.9 Å². The highest BCUT2D eigenvalue weighted by Crippen LogP contribution is 2.27. The Morgan fingerprint density at radius 2 is 2.10 bits per heavy atom. The summed E-state index contributed by atoms with van der Waals surface area (Å²) >= 11 is 0. The van der Waals surface area contributed by atoms with E-state index >= 15 is 0 Å². The first-order valence-corrected chi connectivity index (χ1v) is 10.2. The molecule has 154 valence electrons. The average molecular weight is 399 g/mol. The SMILES string of the molecule is O=C(COCC1CCOC1)N1CCC(c2nccc(-c3cccc(F)c3)n2)CC1. The van der Waals surface area contributed by atoms with Gasteiger partial charge in [-0.2, -0.15) is 0 Å². The molecule has 0 aliphatic carbocycles. The van der Waals surface area contributed by atoms with E-state index in [0.29, 0.717) is 25.6 Å². The summed E-state index contributed by atoms with van der Waals surface area (Å²) in [6, 6.07) is 8.21. The lowest BCUT2D eigenvalue weighted by atomic mass is 9.95. The minimum Gasteiger partial charge on any atom is -0.381 e. The molecule has 29 heavy (non-hydrogen) atoms. The van der Waals surface area contributed by atoms with E-state index in [4.69, 9.17) is 9.47 Å². The highest BCUT2D eigenvalue weighted by atomic mass is 19.1. The molecule has 2 saturated heterocycles. The first-order chi connectivity index (χ1) is 14.2. The summed E-state index contributed by atoms with van der Waals surface area (Å²) in [7, 11) is 0. The van der Waals surface area contributed by atoms with E-state index in [0.717, 1.165) is 49.6 Å². The predicted octanol–water partition coefficient (Wildman–Crippen LogP) is 3.04. The van der Waals surface area contributed by atoms with Crippen molar-refractivity contribution < 1.29 is 18.7 Å². The van der Waals surface area contributed by atoms with Crippen LogP contribution in [-0.2, 0) is 14.3 Å². The Bertz CT molecular complexity index is 834. The molecule has 0 bridgehead atoms. The lowest BCUT2D eigenvalue weighted by molar-refractivity contribution is -0.137. The van der Waals surface area contributed by atoms with Crippen LogP contribution in [-0.4, -0.2) is 60.3 Å². The smallest absolute Gasteiger partial charge is 0.248 e. The summed E-state index contributed by atoms with van der Waals surface area (Å²) in [5, 5.41) is 0. The van der Waals surface area contributed by atoms with Crippen LogP contribution in [0.25, 0.3) is 11.3 Å². The topological polar surface area (TPSA) is 64.6 Å². The summed E-state index contributed by atoms with van der Waals surface area (Å²) in [5.41, 5.74) is 1.46. The maximum absolute atomic E-state index is 13.5. The number of carbonyl (C=O) groups excluding carboxylic acids is 1. The molecule has 1 amide bonds. The molecule has 2 aliphatic rings. The Kier molecular flexibility index (Phi) is 6.46. The minimum absolute atomic E-state index is 0.0387. The van der Waals surface area contributed by atoms with Crippen LogP contribution in [0.3, 0.4) is 0 Å². The highest BCUT2D eigenvalue weighted by Gasteiger charge is 2.26. The molecule has 1 aromatic heterocycles. The molecule has 2 aromatic rings. The van der Waals surface area contributed by atoms with Crippen molar-refractivity contribution in [2.24, 2.45) is 5.92 Å². The molecule has 3 heterocycles. The number of aromatic nitrogens is 2. The van der Waals surface area contributed by atoms with Crippen LogP contribution in [0.5, 0.6) is 0 Å². The molecule has 0 saturated carbocycles. The first-order valence-electron chi connectivity index (χ1n) is 10.2. The summed E-state index contributed by atoms with van der Waals surface area (Å²) in [6.07, 6.45) is 4.36. The van der Waals surface area contributed by atoms with Crippen LogP contribution in [0.15, 0.2) is 36.5 Å². The van der Waals surface area contributed by atoms with Crippen molar-refractivity contribution in [3.8, 4) is 11.3 Å². The third-order valence-corrected chi connectivity index (χ3v) is 5.61. The van der Waals surface area contributed by atoms with Crippen LogP contribution >= 0.6 is 0 Å². The second kappa shape index (κ2) is 9.41. The van der Waals surface area contributed by atoms with Gasteiger partial charge in [0, 0.05) is 43.3 Å². The third-order valence-electron chi connectivity index (χ3n) is 5.61. The molecule has 1 aromatic carbocycles. The van der Waals surface area contributed by atoms with E-state index in [1.54, 1.807) is 18.3 Å². The van der Waals surface area contributed by atoms with Crippen molar-refractivity contribution in [1.29, 1.82) is 0 Å². The second-order valence-corrected chi connectivity index (χ2v) is 7.71. The molecule has 1 unspecified atom stereocenters. The summed E-state index contributed by atoms with van der Waals surface area (Å²) in [4.78, 5) is 23.3. The van der Waals surface area contributed by atoms with Gasteiger partial charge < -0.3 is 14.4 Å². The van der Waals surface area contributed by atoms with E-state index in [-0.39, 0.29) is 24.2 Å². The van der Waals surface area contributed by atoms with Gasteiger partial charge in [0.1, 0.15) is 18.2 Å². The highest BCUT2D eigenvalue weighted by molar-refractivity contribution is 5.77. The van der Waals surface area contributed by atoms with E-state index in [1.165, 1.54) is 12.1 Å². The number of ether oxygens (including phenoxy) is 2. The van der Waals surface area contributed by atoms with Gasteiger partial charge in [-0.1, -0.05) is 12.1 Å². The molecule has 0 radical (unpaired) electrons. The van der Waals surface area contributed by atoms with Gasteiger partial charge in [-0.05, 0) is 37.5 Å². The molecule has 2 fully saturated rings. The van der Waals surface area contributed by atoms with E-state index < -0.39 is 0 Å². The fraction of sp³-hybridized carbons (Fsp3) is 0.500. The Morgan fingerprint density at radius 3 is 2.86 bits per heavy atom. The molecule has 1 atom stereocenters. The van der Waals surface area contributed by atoms with Crippen LogP contribution in [0.1, 0.15) is 31.0 Å². The lowest BCUT2D eigenvalue weighted by Gasteiger charge is -2.31. The van der Waals surface area contributed by atoms with Crippen LogP contribution in [0.4, 0.5) is 4.39 Å². The largest absolute Gasteiger partial charge is 0.381 e. The van der Waals surface area contributed by atoms with Crippen molar-refractivity contribution in [3.63, 3.8) is 0 Å². The number of amides is 1. The van der Waals surface area contributed by atoms with Gasteiger partial charge in [0.15, 0.2) is 0 Å². The monoisotopic (exact) mass is 399 g/mol. The number of nitrogens with zero attached hydrogens (tertiary/aromatic N) is 3. The van der Waals surface area contributed by atoms with Gasteiger partial charge in [-0.3, -0.25) is 4.79 Å². The predicted molar refractivity (Wildman–Crippen MR) is 106 cm³/mol.